The first-order valence-corrected chi connectivity index (χ1v) is 13.0. The molecule has 43 heavy (non-hydrogen) atoms. The van der Waals surface area contributed by atoms with Gasteiger partial charge in [0.2, 0.25) is 0 Å². The number of imidazole rings is 1. The summed E-state index contributed by atoms with van der Waals surface area (Å²) >= 11 is 0. The molecular formula is C27H23F6N7O3. The molecule has 226 valence electrons. The molecule has 1 saturated heterocycles. The van der Waals surface area contributed by atoms with Crippen molar-refractivity contribution in [2.75, 3.05) is 13.2 Å². The van der Waals surface area contributed by atoms with Gasteiger partial charge >= 0.3 is 12.2 Å². The molecule has 5 rings (SSSR count). The highest BCUT2D eigenvalue weighted by molar-refractivity contribution is 5.96. The average Bonchev–Trinajstić information content (AvgIpc) is 3.67. The number of carbonyl (C=O) groups is 2. The number of alkyl halides is 6. The van der Waals surface area contributed by atoms with Gasteiger partial charge in [-0.25, -0.2) is 23.1 Å². The van der Waals surface area contributed by atoms with Crippen molar-refractivity contribution in [2.45, 2.75) is 50.4 Å². The van der Waals surface area contributed by atoms with Gasteiger partial charge < -0.3 is 20.1 Å². The zero-order chi connectivity index (χ0) is 30.8. The van der Waals surface area contributed by atoms with E-state index in [1.807, 2.05) is 5.92 Å². The van der Waals surface area contributed by atoms with E-state index in [1.165, 1.54) is 34.1 Å². The Labute approximate surface area is 239 Å². The highest BCUT2D eigenvalue weighted by Crippen LogP contribution is 2.37. The van der Waals surface area contributed by atoms with Gasteiger partial charge in [-0.2, -0.15) is 18.3 Å². The number of aryl methyl sites for hydroxylation is 1. The number of urea groups is 1. The largest absolute Gasteiger partial charge is 0.457 e. The van der Waals surface area contributed by atoms with Gasteiger partial charge in [0, 0.05) is 43.5 Å². The van der Waals surface area contributed by atoms with E-state index < -0.39 is 49.6 Å². The number of halogens is 6. The van der Waals surface area contributed by atoms with Gasteiger partial charge in [0.25, 0.3) is 11.8 Å². The van der Waals surface area contributed by atoms with Crippen LogP contribution in [0.4, 0.5) is 31.1 Å². The second-order valence-electron chi connectivity index (χ2n) is 9.88. The normalized spacial score (nSPS) is 18.7. The van der Waals surface area contributed by atoms with Crippen LogP contribution < -0.4 is 10.6 Å². The summed E-state index contributed by atoms with van der Waals surface area (Å²) in [6, 6.07) is 0.0297. The van der Waals surface area contributed by atoms with E-state index in [4.69, 9.17) is 4.52 Å². The summed E-state index contributed by atoms with van der Waals surface area (Å²) in [7, 11) is 0. The van der Waals surface area contributed by atoms with Gasteiger partial charge in [-0.05, 0) is 23.6 Å². The second kappa shape index (κ2) is 11.8. The number of hydrogen-bond acceptors (Lipinski definition) is 6. The molecule has 1 atom stereocenters. The fourth-order valence-corrected chi connectivity index (χ4v) is 4.63. The van der Waals surface area contributed by atoms with Crippen LogP contribution in [0.15, 0.2) is 47.1 Å². The van der Waals surface area contributed by atoms with Gasteiger partial charge in [0.05, 0.1) is 37.0 Å². The molecular weight excluding hydrogens is 584 g/mol. The molecule has 0 spiro atoms. The summed E-state index contributed by atoms with van der Waals surface area (Å²) in [6.07, 6.45) is 1.06. The molecule has 2 N–H and O–H groups in total. The van der Waals surface area contributed by atoms with Crippen LogP contribution in [0.1, 0.15) is 46.6 Å². The average molecular weight is 608 g/mol. The number of aromatic nitrogens is 4. The standard InChI is InChI=1S/C27H23F6N7O3/c28-8-4-21-20(15-43-38-21)24(41)34-11-19(17-1-5-26(29,30)6-2-17)22-14-40-23(37-22)9-16(10-35-40)12-39-13-18(36-25(39)42)3-7-27(31,32)33/h1,9-11,14-15,18H,2,4-6,8,12-13H2,(H,34,41)(H,36,42)/b19-11-/t18-/m1/s1. The number of amides is 3. The fraction of sp³-hybridized carbons (Fsp3) is 0.370. The number of nitrogens with zero attached hydrogens (tertiary/aromatic N) is 5. The summed E-state index contributed by atoms with van der Waals surface area (Å²) in [5.74, 6) is -0.362. The molecule has 1 aliphatic carbocycles. The van der Waals surface area contributed by atoms with E-state index in [0.29, 0.717) is 28.1 Å². The van der Waals surface area contributed by atoms with Gasteiger partial charge in [-0.15, -0.1) is 0 Å². The number of carbonyl (C=O) groups excluding carboxylic acids is 2. The highest BCUT2D eigenvalue weighted by atomic mass is 19.4. The lowest BCUT2D eigenvalue weighted by Crippen LogP contribution is -2.28. The first-order chi connectivity index (χ1) is 20.4. The van der Waals surface area contributed by atoms with Crippen LogP contribution in [0.5, 0.6) is 0 Å². The molecule has 0 radical (unpaired) electrons. The van der Waals surface area contributed by atoms with Gasteiger partial charge in [0.15, 0.2) is 5.65 Å². The maximum absolute atomic E-state index is 13.9. The molecule has 1 aliphatic heterocycles. The molecule has 4 heterocycles. The van der Waals surface area contributed by atoms with Crippen LogP contribution in [0.2, 0.25) is 0 Å². The smallest absolute Gasteiger partial charge is 0.364 e. The molecule has 16 heteroatoms. The van der Waals surface area contributed by atoms with Crippen LogP contribution in [-0.2, 0) is 13.0 Å². The zero-order valence-electron chi connectivity index (χ0n) is 22.2. The van der Waals surface area contributed by atoms with Crippen molar-refractivity contribution >= 4 is 23.2 Å². The minimum Gasteiger partial charge on any atom is -0.364 e. The van der Waals surface area contributed by atoms with Crippen LogP contribution in [0.3, 0.4) is 0 Å². The van der Waals surface area contributed by atoms with Gasteiger partial charge in [0.1, 0.15) is 17.9 Å². The predicted molar refractivity (Wildman–Crippen MR) is 138 cm³/mol. The molecule has 1 fully saturated rings. The van der Waals surface area contributed by atoms with Crippen molar-refractivity contribution in [1.82, 2.24) is 35.3 Å². The molecule has 3 aromatic heterocycles. The Hall–Kier alpha value is -4.81. The van der Waals surface area contributed by atoms with Crippen LogP contribution in [0.25, 0.3) is 11.2 Å². The number of allylic oxidation sites excluding steroid dienone is 3. The third kappa shape index (κ3) is 7.16. The molecule has 10 nitrogen and oxygen atoms in total. The maximum atomic E-state index is 13.9. The number of rotatable bonds is 8. The van der Waals surface area contributed by atoms with Crippen LogP contribution in [-0.4, -0.2) is 68.0 Å². The van der Waals surface area contributed by atoms with Crippen molar-refractivity contribution in [2.24, 2.45) is 0 Å². The first kappa shape index (κ1) is 29.7. The van der Waals surface area contributed by atoms with E-state index in [-0.39, 0.29) is 37.2 Å². The van der Waals surface area contributed by atoms with Crippen molar-refractivity contribution < 1.29 is 40.5 Å². The number of fused-ring (bicyclic) bond motifs is 1. The quantitative estimate of drug-likeness (QED) is 0.293. The molecule has 2 aliphatic rings. The molecule has 3 aromatic rings. The minimum atomic E-state index is -4.68. The van der Waals surface area contributed by atoms with Crippen molar-refractivity contribution in [1.29, 1.82) is 0 Å². The SMILES string of the molecule is O=C(N/C=C(/C1=CCC(F)(F)CC1)c1cn2ncc(CN3C[C@@H](C#CC(F)(F)F)NC3=O)cc2n1)c1conc1CCF. The van der Waals surface area contributed by atoms with E-state index in [0.717, 1.165) is 12.2 Å². The number of hydrogen-bond donors (Lipinski definition) is 2. The minimum absolute atomic E-state index is 0.00406. The highest BCUT2D eigenvalue weighted by Gasteiger charge is 2.33. The second-order valence-corrected chi connectivity index (χ2v) is 9.88. The van der Waals surface area contributed by atoms with Crippen LogP contribution in [0, 0.1) is 11.8 Å². The summed E-state index contributed by atoms with van der Waals surface area (Å²) in [5, 5.41) is 12.9. The Morgan fingerprint density at radius 1 is 1.33 bits per heavy atom. The Morgan fingerprint density at radius 3 is 2.86 bits per heavy atom. The van der Waals surface area contributed by atoms with Gasteiger partial charge in [-0.1, -0.05) is 17.2 Å². The van der Waals surface area contributed by atoms with E-state index in [9.17, 15) is 35.9 Å². The molecule has 0 bridgehead atoms. The number of nitrogens with one attached hydrogen (secondary N) is 2. The van der Waals surface area contributed by atoms with E-state index in [1.54, 1.807) is 6.07 Å². The maximum Gasteiger partial charge on any atom is 0.457 e. The molecule has 0 saturated carbocycles. The Balaban J connectivity index is 1.39. The Kier molecular flexibility index (Phi) is 8.16. The molecule has 0 unspecified atom stereocenters. The fourth-order valence-electron chi connectivity index (χ4n) is 4.63. The topological polar surface area (TPSA) is 118 Å². The lowest BCUT2D eigenvalue weighted by atomic mass is 9.90. The summed E-state index contributed by atoms with van der Waals surface area (Å²) in [4.78, 5) is 30.9. The summed E-state index contributed by atoms with van der Waals surface area (Å²) in [5.41, 5.74) is 2.17. The lowest BCUT2D eigenvalue weighted by Gasteiger charge is -2.22. The molecule has 3 amide bonds. The third-order valence-electron chi connectivity index (χ3n) is 6.72. The molecule has 0 aromatic carbocycles. The van der Waals surface area contributed by atoms with Gasteiger partial charge in [-0.3, -0.25) is 9.18 Å². The van der Waals surface area contributed by atoms with Crippen molar-refractivity contribution in [3.8, 4) is 11.8 Å². The van der Waals surface area contributed by atoms with Crippen LogP contribution >= 0.6 is 0 Å². The van der Waals surface area contributed by atoms with E-state index in [2.05, 4.69) is 25.9 Å². The predicted octanol–water partition coefficient (Wildman–Crippen LogP) is 4.21. The van der Waals surface area contributed by atoms with Crippen molar-refractivity contribution in [3.63, 3.8) is 0 Å². The monoisotopic (exact) mass is 607 g/mol. The first-order valence-electron chi connectivity index (χ1n) is 13.0. The van der Waals surface area contributed by atoms with E-state index >= 15 is 0 Å². The third-order valence-corrected chi connectivity index (χ3v) is 6.72. The zero-order valence-corrected chi connectivity index (χ0v) is 22.2. The lowest BCUT2D eigenvalue weighted by molar-refractivity contribution is -0.0698. The summed E-state index contributed by atoms with van der Waals surface area (Å²) in [6.45, 7) is -0.807. The summed E-state index contributed by atoms with van der Waals surface area (Å²) < 4.78 is 84.0. The Bertz CT molecular complexity index is 1660. The Morgan fingerprint density at radius 2 is 2.14 bits per heavy atom. The van der Waals surface area contributed by atoms with Crippen molar-refractivity contribution in [3.05, 3.63) is 65.1 Å².